The van der Waals surface area contributed by atoms with Crippen molar-refractivity contribution in [3.05, 3.63) is 77.3 Å². The van der Waals surface area contributed by atoms with Gasteiger partial charge in [0.05, 0.1) is 0 Å². The number of carbonyl (C=O) groups is 1. The zero-order valence-electron chi connectivity index (χ0n) is 11.8. The number of aryl methyl sites for hydroxylation is 1. The van der Waals surface area contributed by atoms with Crippen LogP contribution in [0.5, 0.6) is 0 Å². The van der Waals surface area contributed by atoms with E-state index in [2.05, 4.69) is 41.5 Å². The number of pyridine rings is 1. The van der Waals surface area contributed by atoms with Gasteiger partial charge in [-0.2, -0.15) is 0 Å². The molecule has 1 aromatic heterocycles. The molecule has 2 aromatic rings. The van der Waals surface area contributed by atoms with Crippen molar-refractivity contribution in [2.75, 3.05) is 0 Å². The van der Waals surface area contributed by atoms with Crippen LogP contribution in [0, 0.1) is 6.92 Å². The molecule has 0 aliphatic rings. The summed E-state index contributed by atoms with van der Waals surface area (Å²) in [5.41, 5.74) is 3.88. The first kappa shape index (κ1) is 14.0. The van der Waals surface area contributed by atoms with Gasteiger partial charge in [0.15, 0.2) is 5.78 Å². The first-order chi connectivity index (χ1) is 9.65. The van der Waals surface area contributed by atoms with Crippen LogP contribution < -0.4 is 5.32 Å². The average molecular weight is 266 g/mol. The van der Waals surface area contributed by atoms with E-state index in [0.717, 1.165) is 5.70 Å². The van der Waals surface area contributed by atoms with Crippen LogP contribution in [0.3, 0.4) is 0 Å². The van der Waals surface area contributed by atoms with Crippen molar-refractivity contribution in [1.82, 2.24) is 10.3 Å². The van der Waals surface area contributed by atoms with Crippen LogP contribution in [0.4, 0.5) is 0 Å². The molecule has 0 spiro atoms. The van der Waals surface area contributed by atoms with Crippen molar-refractivity contribution in [2.24, 2.45) is 0 Å². The molecular weight excluding hydrogens is 248 g/mol. The van der Waals surface area contributed by atoms with Gasteiger partial charge in [0, 0.05) is 36.3 Å². The molecule has 0 saturated carbocycles. The average Bonchev–Trinajstić information content (AvgIpc) is 2.47. The predicted octanol–water partition coefficient (Wildman–Crippen LogP) is 3.27. The summed E-state index contributed by atoms with van der Waals surface area (Å²) < 4.78 is 0. The zero-order chi connectivity index (χ0) is 14.4. The molecule has 0 saturated heterocycles. The minimum atomic E-state index is -0.0352. The van der Waals surface area contributed by atoms with Crippen LogP contribution in [-0.4, -0.2) is 10.8 Å². The molecule has 0 unspecified atom stereocenters. The summed E-state index contributed by atoms with van der Waals surface area (Å²) in [4.78, 5) is 15.9. The van der Waals surface area contributed by atoms with Gasteiger partial charge in [-0.3, -0.25) is 9.78 Å². The van der Waals surface area contributed by atoms with E-state index in [1.807, 2.05) is 6.92 Å². The highest BCUT2D eigenvalue weighted by Gasteiger charge is 2.02. The smallest absolute Gasteiger partial charge is 0.189 e. The lowest BCUT2D eigenvalue weighted by Gasteiger charge is -2.07. The molecule has 1 N–H and O–H groups in total. The molecule has 0 aliphatic heterocycles. The zero-order valence-corrected chi connectivity index (χ0v) is 11.8. The molecule has 102 valence electrons. The number of ketones is 1. The predicted molar refractivity (Wildman–Crippen MR) is 80.3 cm³/mol. The van der Waals surface area contributed by atoms with E-state index in [-0.39, 0.29) is 5.78 Å². The summed E-state index contributed by atoms with van der Waals surface area (Å²) in [6, 6.07) is 11.8. The van der Waals surface area contributed by atoms with E-state index in [4.69, 9.17) is 0 Å². The maximum Gasteiger partial charge on any atom is 0.189 e. The van der Waals surface area contributed by atoms with Crippen LogP contribution >= 0.6 is 0 Å². The van der Waals surface area contributed by atoms with E-state index in [0.29, 0.717) is 12.1 Å². The molecule has 2 rings (SSSR count). The van der Waals surface area contributed by atoms with E-state index in [1.54, 1.807) is 30.6 Å². The Labute approximate surface area is 119 Å². The van der Waals surface area contributed by atoms with E-state index >= 15 is 0 Å². The largest absolute Gasteiger partial charge is 0.384 e. The van der Waals surface area contributed by atoms with Gasteiger partial charge in [-0.15, -0.1) is 0 Å². The van der Waals surface area contributed by atoms with E-state index in [9.17, 15) is 4.79 Å². The molecule has 1 heterocycles. The number of benzene rings is 1. The Morgan fingerprint density at radius 3 is 2.65 bits per heavy atom. The lowest BCUT2D eigenvalue weighted by atomic mass is 10.1. The Hall–Kier alpha value is -2.42. The molecule has 3 nitrogen and oxygen atoms in total. The Bertz CT molecular complexity index is 601. The highest BCUT2D eigenvalue weighted by atomic mass is 16.1. The number of hydrogen-bond donors (Lipinski definition) is 1. The molecule has 0 atom stereocenters. The number of aromatic nitrogens is 1. The fraction of sp³-hybridized carbons (Fsp3) is 0.176. The topological polar surface area (TPSA) is 42.0 Å². The second-order valence-electron chi connectivity index (χ2n) is 4.77. The third kappa shape index (κ3) is 4.05. The van der Waals surface area contributed by atoms with Crippen LogP contribution in [0.2, 0.25) is 0 Å². The standard InChI is InChI=1S/C17H18N2O/c1-13-5-7-15(8-6-13)11-19-14(2)10-17(20)16-4-3-9-18-12-16/h3-10,12,19H,11H2,1-2H3. The summed E-state index contributed by atoms with van der Waals surface area (Å²) in [6.07, 6.45) is 4.83. The Kier molecular flexibility index (Phi) is 4.66. The minimum absolute atomic E-state index is 0.0352. The lowest BCUT2D eigenvalue weighted by molar-refractivity contribution is 0.104. The fourth-order valence-electron chi connectivity index (χ4n) is 1.79. The first-order valence-corrected chi connectivity index (χ1v) is 6.57. The maximum atomic E-state index is 12.0. The molecule has 20 heavy (non-hydrogen) atoms. The number of allylic oxidation sites excluding steroid dienone is 2. The molecule has 0 aliphatic carbocycles. The van der Waals surface area contributed by atoms with Crippen molar-refractivity contribution in [2.45, 2.75) is 20.4 Å². The summed E-state index contributed by atoms with van der Waals surface area (Å²) in [7, 11) is 0. The van der Waals surface area contributed by atoms with Gasteiger partial charge in [0.2, 0.25) is 0 Å². The normalized spacial score (nSPS) is 11.2. The molecule has 0 bridgehead atoms. The third-order valence-electron chi connectivity index (χ3n) is 2.99. The number of nitrogens with one attached hydrogen (secondary N) is 1. The molecular formula is C17H18N2O. The number of rotatable bonds is 5. The van der Waals surface area contributed by atoms with Crippen LogP contribution in [0.25, 0.3) is 0 Å². The second kappa shape index (κ2) is 6.66. The molecule has 0 amide bonds. The molecule has 1 aromatic carbocycles. The summed E-state index contributed by atoms with van der Waals surface area (Å²) in [5.74, 6) is -0.0352. The van der Waals surface area contributed by atoms with Crippen LogP contribution in [0.15, 0.2) is 60.6 Å². The van der Waals surface area contributed by atoms with Gasteiger partial charge < -0.3 is 5.32 Å². The summed E-state index contributed by atoms with van der Waals surface area (Å²) in [6.45, 7) is 4.67. The van der Waals surface area contributed by atoms with Gasteiger partial charge in [-0.25, -0.2) is 0 Å². The van der Waals surface area contributed by atoms with E-state index < -0.39 is 0 Å². The van der Waals surface area contributed by atoms with Gasteiger partial charge in [-0.1, -0.05) is 29.8 Å². The van der Waals surface area contributed by atoms with Gasteiger partial charge >= 0.3 is 0 Å². The van der Waals surface area contributed by atoms with Crippen molar-refractivity contribution < 1.29 is 4.79 Å². The maximum absolute atomic E-state index is 12.0. The molecule has 0 radical (unpaired) electrons. The SMILES string of the molecule is CC(=CC(=O)c1cccnc1)NCc1ccc(C)cc1. The lowest BCUT2D eigenvalue weighted by Crippen LogP contribution is -2.12. The van der Waals surface area contributed by atoms with Crippen molar-refractivity contribution in [1.29, 1.82) is 0 Å². The fourth-order valence-corrected chi connectivity index (χ4v) is 1.79. The second-order valence-corrected chi connectivity index (χ2v) is 4.77. The highest BCUT2D eigenvalue weighted by Crippen LogP contribution is 2.05. The number of nitrogens with zero attached hydrogens (tertiary/aromatic N) is 1. The first-order valence-electron chi connectivity index (χ1n) is 6.57. The minimum Gasteiger partial charge on any atom is -0.384 e. The van der Waals surface area contributed by atoms with Crippen molar-refractivity contribution in [3.63, 3.8) is 0 Å². The quantitative estimate of drug-likeness (QED) is 0.667. The van der Waals surface area contributed by atoms with Gasteiger partial charge in [-0.05, 0) is 31.5 Å². The van der Waals surface area contributed by atoms with E-state index in [1.165, 1.54) is 11.1 Å². The third-order valence-corrected chi connectivity index (χ3v) is 2.99. The Morgan fingerprint density at radius 2 is 2.00 bits per heavy atom. The van der Waals surface area contributed by atoms with Crippen LogP contribution in [-0.2, 0) is 6.54 Å². The van der Waals surface area contributed by atoms with Crippen molar-refractivity contribution >= 4 is 5.78 Å². The number of hydrogen-bond acceptors (Lipinski definition) is 3. The summed E-state index contributed by atoms with van der Waals surface area (Å²) >= 11 is 0. The molecule has 0 fully saturated rings. The number of carbonyl (C=O) groups excluding carboxylic acids is 1. The van der Waals surface area contributed by atoms with Crippen molar-refractivity contribution in [3.8, 4) is 0 Å². The monoisotopic (exact) mass is 266 g/mol. The summed E-state index contributed by atoms with van der Waals surface area (Å²) in [5, 5.41) is 3.24. The van der Waals surface area contributed by atoms with Crippen LogP contribution in [0.1, 0.15) is 28.4 Å². The Morgan fingerprint density at radius 1 is 1.25 bits per heavy atom. The molecule has 3 heteroatoms. The van der Waals surface area contributed by atoms with Gasteiger partial charge in [0.25, 0.3) is 0 Å². The Balaban J connectivity index is 1.94. The van der Waals surface area contributed by atoms with Gasteiger partial charge in [0.1, 0.15) is 0 Å². The highest BCUT2D eigenvalue weighted by molar-refractivity contribution is 6.04.